The second kappa shape index (κ2) is 13.3. The third kappa shape index (κ3) is 8.02. The molecule has 1 heterocycles. The van der Waals surface area contributed by atoms with Gasteiger partial charge in [-0.05, 0) is 18.4 Å². The molecule has 0 aromatic rings. The molecule has 0 N–H and O–H groups in total. The lowest BCUT2D eigenvalue weighted by molar-refractivity contribution is -0.280. The average Bonchev–Trinajstić information content (AvgIpc) is 2.63. The minimum atomic E-state index is -1.18. The fourth-order valence-corrected chi connectivity index (χ4v) is 2.80. The van der Waals surface area contributed by atoms with Gasteiger partial charge in [0.05, 0.1) is 18.8 Å². The van der Waals surface area contributed by atoms with Gasteiger partial charge in [0.1, 0.15) is 6.10 Å². The first-order valence-corrected chi connectivity index (χ1v) is 9.68. The van der Waals surface area contributed by atoms with E-state index < -0.39 is 42.6 Å². The monoisotopic (exact) mass is 401 g/mol. The van der Waals surface area contributed by atoms with Crippen LogP contribution in [0.25, 0.3) is 10.4 Å². The van der Waals surface area contributed by atoms with Gasteiger partial charge in [0.15, 0.2) is 6.10 Å². The molecule has 0 bridgehead atoms. The lowest BCUT2D eigenvalue weighted by atomic mass is 9.96. The summed E-state index contributed by atoms with van der Waals surface area (Å²) in [7, 11) is 0. The summed E-state index contributed by atoms with van der Waals surface area (Å²) in [5.74, 6) is -1.19. The van der Waals surface area contributed by atoms with Crippen molar-refractivity contribution < 1.29 is 33.3 Å². The van der Waals surface area contributed by atoms with Crippen molar-refractivity contribution in [2.45, 2.75) is 84.0 Å². The van der Waals surface area contributed by atoms with Crippen molar-refractivity contribution in [2.75, 3.05) is 19.8 Å². The van der Waals surface area contributed by atoms with Crippen LogP contribution in [-0.4, -0.2) is 62.4 Å². The van der Waals surface area contributed by atoms with Crippen LogP contribution in [-0.2, 0) is 33.3 Å². The van der Waals surface area contributed by atoms with Crippen LogP contribution in [0.5, 0.6) is 0 Å². The molecule has 0 radical (unpaired) electrons. The van der Waals surface area contributed by atoms with E-state index in [1.165, 1.54) is 13.8 Å². The predicted octanol–water partition coefficient (Wildman–Crippen LogP) is 2.89. The van der Waals surface area contributed by atoms with E-state index in [2.05, 4.69) is 10.0 Å². The molecule has 0 amide bonds. The highest BCUT2D eigenvalue weighted by atomic mass is 16.7. The Labute approximate surface area is 165 Å². The molecule has 1 aliphatic heterocycles. The lowest BCUT2D eigenvalue weighted by Gasteiger charge is -2.43. The molecule has 1 aliphatic rings. The van der Waals surface area contributed by atoms with Gasteiger partial charge in [0, 0.05) is 32.0 Å². The first kappa shape index (κ1) is 24.2. The fraction of sp³-hybridized carbons (Fsp3) is 0.889. The first-order valence-electron chi connectivity index (χ1n) is 9.68. The van der Waals surface area contributed by atoms with Gasteiger partial charge < -0.3 is 23.7 Å². The Morgan fingerprint density at radius 2 is 1.68 bits per heavy atom. The van der Waals surface area contributed by atoms with Gasteiger partial charge in [0.2, 0.25) is 6.29 Å². The zero-order valence-electron chi connectivity index (χ0n) is 17.0. The second-order valence-corrected chi connectivity index (χ2v) is 6.54. The Bertz CT molecular complexity index is 539. The van der Waals surface area contributed by atoms with Crippen LogP contribution in [0.2, 0.25) is 0 Å². The van der Waals surface area contributed by atoms with Crippen molar-refractivity contribution in [2.24, 2.45) is 5.11 Å². The number of ether oxygens (including phenoxy) is 5. The molecule has 10 nitrogen and oxygen atoms in total. The number of azide groups is 1. The van der Waals surface area contributed by atoms with Crippen LogP contribution in [0.15, 0.2) is 5.11 Å². The number of rotatable bonds is 12. The number of carbonyl (C=O) groups is 2. The van der Waals surface area contributed by atoms with Crippen molar-refractivity contribution >= 4 is 11.9 Å². The van der Waals surface area contributed by atoms with Crippen LogP contribution in [0, 0.1) is 0 Å². The highest BCUT2D eigenvalue weighted by Crippen LogP contribution is 2.30. The highest BCUT2D eigenvalue weighted by molar-refractivity contribution is 5.67. The largest absolute Gasteiger partial charge is 0.453 e. The lowest BCUT2D eigenvalue weighted by Crippen LogP contribution is -2.61. The van der Waals surface area contributed by atoms with Crippen molar-refractivity contribution in [1.29, 1.82) is 0 Å². The average molecular weight is 401 g/mol. The van der Waals surface area contributed by atoms with Crippen LogP contribution in [0.1, 0.15) is 53.4 Å². The maximum Gasteiger partial charge on any atom is 0.305 e. The number of nitrogens with zero attached hydrogens (tertiary/aromatic N) is 3. The molecule has 1 fully saturated rings. The van der Waals surface area contributed by atoms with Crippen molar-refractivity contribution in [3.63, 3.8) is 0 Å². The highest BCUT2D eigenvalue weighted by Gasteiger charge is 2.50. The topological polar surface area (TPSA) is 129 Å². The summed E-state index contributed by atoms with van der Waals surface area (Å²) in [6.45, 7) is 7.53. The number of carbonyl (C=O) groups excluding carboxylic acids is 2. The molecule has 1 rings (SSSR count). The van der Waals surface area contributed by atoms with Crippen LogP contribution < -0.4 is 0 Å². The summed E-state index contributed by atoms with van der Waals surface area (Å²) < 4.78 is 27.9. The Morgan fingerprint density at radius 1 is 1.04 bits per heavy atom. The molecule has 0 saturated carbocycles. The van der Waals surface area contributed by atoms with Crippen molar-refractivity contribution in [1.82, 2.24) is 0 Å². The van der Waals surface area contributed by atoms with Gasteiger partial charge in [-0.1, -0.05) is 31.8 Å². The zero-order valence-corrected chi connectivity index (χ0v) is 17.0. The van der Waals surface area contributed by atoms with Gasteiger partial charge in [-0.2, -0.15) is 0 Å². The summed E-state index contributed by atoms with van der Waals surface area (Å²) in [6.07, 6.45) is -0.274. The third-order valence-corrected chi connectivity index (χ3v) is 4.12. The zero-order chi connectivity index (χ0) is 20.9. The predicted molar refractivity (Wildman–Crippen MR) is 99.3 cm³/mol. The Morgan fingerprint density at radius 3 is 2.25 bits per heavy atom. The Hall–Kier alpha value is -1.87. The molecular weight excluding hydrogens is 370 g/mol. The molecule has 160 valence electrons. The van der Waals surface area contributed by atoms with E-state index in [1.54, 1.807) is 0 Å². The van der Waals surface area contributed by atoms with Gasteiger partial charge in [-0.3, -0.25) is 9.59 Å². The Kier molecular flexibility index (Phi) is 11.5. The van der Waals surface area contributed by atoms with Gasteiger partial charge in [0.25, 0.3) is 0 Å². The van der Waals surface area contributed by atoms with Crippen molar-refractivity contribution in [3.8, 4) is 0 Å². The summed E-state index contributed by atoms with van der Waals surface area (Å²) in [5, 5.41) is 3.81. The quantitative estimate of drug-likeness (QED) is 0.162. The van der Waals surface area contributed by atoms with E-state index in [1.807, 2.05) is 13.8 Å². The van der Waals surface area contributed by atoms with E-state index in [9.17, 15) is 9.59 Å². The van der Waals surface area contributed by atoms with E-state index in [4.69, 9.17) is 29.2 Å². The normalized spacial score (nSPS) is 26.9. The van der Waals surface area contributed by atoms with E-state index in [-0.39, 0.29) is 6.61 Å². The number of hydrogen-bond donors (Lipinski definition) is 0. The minimum absolute atomic E-state index is 0.127. The van der Waals surface area contributed by atoms with E-state index >= 15 is 0 Å². The molecule has 10 heteroatoms. The molecule has 0 spiro atoms. The maximum atomic E-state index is 11.6. The summed E-state index contributed by atoms with van der Waals surface area (Å²) in [5.41, 5.74) is 9.03. The van der Waals surface area contributed by atoms with Crippen LogP contribution >= 0.6 is 0 Å². The van der Waals surface area contributed by atoms with Gasteiger partial charge in [-0.15, -0.1) is 0 Å². The number of esters is 2. The summed E-state index contributed by atoms with van der Waals surface area (Å²) in [6, 6.07) is -0.806. The molecule has 3 unspecified atom stereocenters. The van der Waals surface area contributed by atoms with Gasteiger partial charge >= 0.3 is 11.9 Å². The second-order valence-electron chi connectivity index (χ2n) is 6.54. The first-order chi connectivity index (χ1) is 13.4. The van der Waals surface area contributed by atoms with Crippen molar-refractivity contribution in [3.05, 3.63) is 10.4 Å². The standard InChI is InChI=1S/C18H31N3O7/c1-5-7-9-24-11-14-15(20-21-19)16(25-10-8-6-2)17(26-12(3)22)18(28-14)27-13(4)23/h14-18H,5-11H2,1-4H3/t14?,15-,16?,17?,18+/m0/s1. The van der Waals surface area contributed by atoms with Gasteiger partial charge in [-0.25, -0.2) is 0 Å². The molecule has 0 aliphatic carbocycles. The number of hydrogen-bond acceptors (Lipinski definition) is 8. The smallest absolute Gasteiger partial charge is 0.305 e. The Balaban J connectivity index is 3.10. The summed E-state index contributed by atoms with van der Waals surface area (Å²) in [4.78, 5) is 26.0. The molecule has 0 aromatic heterocycles. The molecule has 0 aromatic carbocycles. The third-order valence-electron chi connectivity index (χ3n) is 4.12. The molecular formula is C18H31N3O7. The van der Waals surface area contributed by atoms with E-state index in [0.29, 0.717) is 13.2 Å². The van der Waals surface area contributed by atoms with Crippen LogP contribution in [0.3, 0.4) is 0 Å². The van der Waals surface area contributed by atoms with E-state index in [0.717, 1.165) is 25.7 Å². The molecule has 28 heavy (non-hydrogen) atoms. The van der Waals surface area contributed by atoms with Crippen LogP contribution in [0.4, 0.5) is 0 Å². The fourth-order valence-electron chi connectivity index (χ4n) is 2.80. The minimum Gasteiger partial charge on any atom is -0.453 e. The molecule has 1 saturated heterocycles. The maximum absolute atomic E-state index is 11.6. The molecule has 5 atom stereocenters. The SMILES string of the molecule is CCCCOCC1O[C@@H](OC(C)=O)C(OC(C)=O)C(OCCCC)[C@H]1N=[N+]=[N-]. The number of unbranched alkanes of at least 4 members (excludes halogenated alkanes) is 2. The summed E-state index contributed by atoms with van der Waals surface area (Å²) >= 11 is 0.